The van der Waals surface area contributed by atoms with Crippen molar-refractivity contribution < 1.29 is 4.79 Å². The molecule has 0 aromatic carbocycles. The Morgan fingerprint density at radius 3 is 2.65 bits per heavy atom. The molecule has 4 rings (SSSR count). The minimum absolute atomic E-state index is 0.171. The number of anilines is 3. The van der Waals surface area contributed by atoms with E-state index in [1.807, 2.05) is 6.92 Å². The van der Waals surface area contributed by atoms with Crippen molar-refractivity contribution in [2.24, 2.45) is 0 Å². The zero-order valence-electron chi connectivity index (χ0n) is 14.9. The van der Waals surface area contributed by atoms with E-state index in [1.54, 1.807) is 17.6 Å². The van der Waals surface area contributed by atoms with Gasteiger partial charge >= 0.3 is 0 Å². The molecule has 2 aromatic rings. The normalized spacial score (nSPS) is 17.8. The van der Waals surface area contributed by atoms with Gasteiger partial charge in [0.2, 0.25) is 0 Å². The summed E-state index contributed by atoms with van der Waals surface area (Å²) in [5, 5.41) is 6.16. The summed E-state index contributed by atoms with van der Waals surface area (Å²) in [6, 6.07) is 1.70. The number of nitrogens with zero attached hydrogens (tertiary/aromatic N) is 3. The summed E-state index contributed by atoms with van der Waals surface area (Å²) >= 11 is 0. The van der Waals surface area contributed by atoms with Crippen LogP contribution in [0.3, 0.4) is 0 Å². The van der Waals surface area contributed by atoms with E-state index in [2.05, 4.69) is 20.6 Å². The zero-order chi connectivity index (χ0) is 18.5. The minimum Gasteiger partial charge on any atom is -0.383 e. The summed E-state index contributed by atoms with van der Waals surface area (Å²) in [6.07, 6.45) is 6.01. The van der Waals surface area contributed by atoms with Gasteiger partial charge in [-0.3, -0.25) is 14.2 Å². The number of hydrogen-bond acceptors (Lipinski definition) is 6. The van der Waals surface area contributed by atoms with Gasteiger partial charge in [-0.2, -0.15) is 0 Å². The average molecular weight is 354 g/mol. The molecule has 3 heterocycles. The van der Waals surface area contributed by atoms with E-state index in [1.165, 1.54) is 6.33 Å². The number of aryl methyl sites for hydroxylation is 1. The Morgan fingerprint density at radius 1 is 1.19 bits per heavy atom. The van der Waals surface area contributed by atoms with E-state index < -0.39 is 5.66 Å². The van der Waals surface area contributed by atoms with Crippen LogP contribution in [0.5, 0.6) is 0 Å². The van der Waals surface area contributed by atoms with Gasteiger partial charge in [-0.05, 0) is 51.2 Å². The topological polar surface area (TPSA) is 115 Å². The number of hydrogen-bond donors (Lipinski definition) is 3. The molecule has 26 heavy (non-hydrogen) atoms. The van der Waals surface area contributed by atoms with Crippen molar-refractivity contribution >= 4 is 23.2 Å². The second-order valence-corrected chi connectivity index (χ2v) is 7.13. The molecule has 0 unspecified atom stereocenters. The maximum absolute atomic E-state index is 13.3. The highest BCUT2D eigenvalue weighted by Gasteiger charge is 2.45. The van der Waals surface area contributed by atoms with Crippen molar-refractivity contribution in [3.05, 3.63) is 39.6 Å². The van der Waals surface area contributed by atoms with Gasteiger partial charge in [-0.15, -0.1) is 0 Å². The van der Waals surface area contributed by atoms with Crippen LogP contribution in [-0.2, 0) is 5.66 Å². The molecule has 1 aliphatic carbocycles. The van der Waals surface area contributed by atoms with Crippen LogP contribution >= 0.6 is 0 Å². The Morgan fingerprint density at radius 2 is 1.92 bits per heavy atom. The molecule has 2 aliphatic rings. The lowest BCUT2D eigenvalue weighted by Crippen LogP contribution is -2.48. The van der Waals surface area contributed by atoms with Crippen LogP contribution in [0.25, 0.3) is 0 Å². The molecule has 1 fully saturated rings. The third kappa shape index (κ3) is 2.36. The van der Waals surface area contributed by atoms with Crippen molar-refractivity contribution in [2.45, 2.75) is 51.6 Å². The number of rotatable bonds is 2. The van der Waals surface area contributed by atoms with Crippen LogP contribution in [0.4, 0.5) is 17.3 Å². The molecule has 1 aliphatic heterocycles. The number of aromatic nitrogens is 3. The van der Waals surface area contributed by atoms with Crippen LogP contribution in [-0.4, -0.2) is 20.4 Å². The lowest BCUT2D eigenvalue weighted by atomic mass is 9.89. The molecule has 8 heteroatoms. The zero-order valence-corrected chi connectivity index (χ0v) is 14.9. The summed E-state index contributed by atoms with van der Waals surface area (Å²) in [5.41, 5.74) is 7.28. The third-order valence-corrected chi connectivity index (χ3v) is 5.44. The molecule has 2 aromatic heterocycles. The minimum atomic E-state index is -0.607. The van der Waals surface area contributed by atoms with E-state index in [0.29, 0.717) is 28.6 Å². The first-order valence-electron chi connectivity index (χ1n) is 8.87. The summed E-state index contributed by atoms with van der Waals surface area (Å²) in [5.74, 6) is 0.682. The lowest BCUT2D eigenvalue weighted by Gasteiger charge is -2.35. The standard InChI is InChI=1S/C18H22N6O2/c1-10-8-12(22-15-11(2)14(19)20-9-21-15)17(26)24-13(10)16(25)23-18(24)6-4-3-5-7-18/h8-9H,3-7H2,1-2H3,(H,23,25)(H3,19,20,21,22). The lowest BCUT2D eigenvalue weighted by molar-refractivity contribution is 0.0876. The Labute approximate surface area is 150 Å². The second kappa shape index (κ2) is 5.82. The first-order chi connectivity index (χ1) is 12.4. The van der Waals surface area contributed by atoms with Gasteiger partial charge in [-0.25, -0.2) is 9.97 Å². The van der Waals surface area contributed by atoms with Crippen LogP contribution < -0.4 is 21.9 Å². The second-order valence-electron chi connectivity index (χ2n) is 7.13. The summed E-state index contributed by atoms with van der Waals surface area (Å²) < 4.78 is 1.66. The van der Waals surface area contributed by atoms with Gasteiger partial charge in [-0.1, -0.05) is 6.42 Å². The number of carbonyl (C=O) groups excluding carboxylic acids is 1. The van der Waals surface area contributed by atoms with Crippen LogP contribution in [0.1, 0.15) is 53.7 Å². The van der Waals surface area contributed by atoms with Crippen LogP contribution in [0.2, 0.25) is 0 Å². The van der Waals surface area contributed by atoms with Crippen molar-refractivity contribution in [3.8, 4) is 0 Å². The van der Waals surface area contributed by atoms with Gasteiger partial charge < -0.3 is 16.4 Å². The van der Waals surface area contributed by atoms with Crippen molar-refractivity contribution in [1.82, 2.24) is 19.9 Å². The number of nitrogen functional groups attached to an aromatic ring is 1. The molecule has 1 amide bonds. The highest BCUT2D eigenvalue weighted by molar-refractivity contribution is 5.97. The van der Waals surface area contributed by atoms with Crippen molar-refractivity contribution in [3.63, 3.8) is 0 Å². The molecule has 0 atom stereocenters. The quantitative estimate of drug-likeness (QED) is 0.759. The monoisotopic (exact) mass is 354 g/mol. The fourth-order valence-corrected chi connectivity index (χ4v) is 4.05. The Hall–Kier alpha value is -2.90. The number of amides is 1. The molecule has 136 valence electrons. The summed E-state index contributed by atoms with van der Waals surface area (Å²) in [6.45, 7) is 3.64. The Balaban J connectivity index is 1.86. The number of nitrogens with two attached hydrogens (primary N) is 1. The molecule has 0 saturated heterocycles. The van der Waals surface area contributed by atoms with E-state index in [0.717, 1.165) is 37.7 Å². The van der Waals surface area contributed by atoms with Gasteiger partial charge in [0.15, 0.2) is 0 Å². The number of carbonyl (C=O) groups is 1. The fourth-order valence-electron chi connectivity index (χ4n) is 4.05. The maximum atomic E-state index is 13.3. The van der Waals surface area contributed by atoms with Crippen LogP contribution in [0.15, 0.2) is 17.2 Å². The number of fused-ring (bicyclic) bond motifs is 2. The first kappa shape index (κ1) is 16.6. The Bertz CT molecular complexity index is 959. The molecular weight excluding hydrogens is 332 g/mol. The SMILES string of the molecule is Cc1cc(Nc2ncnc(N)c2C)c(=O)n2c1C(=O)NC21CCCCC1. The molecule has 0 radical (unpaired) electrons. The van der Waals surface area contributed by atoms with Gasteiger partial charge in [0.05, 0.1) is 0 Å². The van der Waals surface area contributed by atoms with E-state index >= 15 is 0 Å². The highest BCUT2D eigenvalue weighted by atomic mass is 16.2. The predicted octanol–water partition coefficient (Wildman–Crippen LogP) is 1.94. The van der Waals surface area contributed by atoms with E-state index in [4.69, 9.17) is 5.73 Å². The maximum Gasteiger partial charge on any atom is 0.276 e. The molecule has 0 bridgehead atoms. The van der Waals surface area contributed by atoms with Crippen molar-refractivity contribution in [2.75, 3.05) is 11.1 Å². The number of pyridine rings is 1. The third-order valence-electron chi connectivity index (χ3n) is 5.44. The van der Waals surface area contributed by atoms with E-state index in [-0.39, 0.29) is 11.5 Å². The molecule has 8 nitrogen and oxygen atoms in total. The largest absolute Gasteiger partial charge is 0.383 e. The van der Waals surface area contributed by atoms with Crippen LogP contribution in [0, 0.1) is 13.8 Å². The predicted molar refractivity (Wildman–Crippen MR) is 98.4 cm³/mol. The number of nitrogens with one attached hydrogen (secondary N) is 2. The summed E-state index contributed by atoms with van der Waals surface area (Å²) in [7, 11) is 0. The van der Waals surface area contributed by atoms with Crippen molar-refractivity contribution in [1.29, 1.82) is 0 Å². The van der Waals surface area contributed by atoms with Gasteiger partial charge in [0.25, 0.3) is 11.5 Å². The average Bonchev–Trinajstić information content (AvgIpc) is 2.89. The molecule has 1 spiro atoms. The van der Waals surface area contributed by atoms with Gasteiger partial charge in [0, 0.05) is 5.56 Å². The van der Waals surface area contributed by atoms with E-state index in [9.17, 15) is 9.59 Å². The Kier molecular flexibility index (Phi) is 3.71. The summed E-state index contributed by atoms with van der Waals surface area (Å²) in [4.78, 5) is 33.9. The fraction of sp³-hybridized carbons (Fsp3) is 0.444. The molecule has 1 saturated carbocycles. The molecular formula is C18H22N6O2. The molecule has 4 N–H and O–H groups in total. The van der Waals surface area contributed by atoms with Gasteiger partial charge in [0.1, 0.15) is 35.0 Å². The smallest absolute Gasteiger partial charge is 0.276 e. The highest BCUT2D eigenvalue weighted by Crippen LogP contribution is 2.37. The first-order valence-corrected chi connectivity index (χ1v) is 8.87.